The lowest BCUT2D eigenvalue weighted by Crippen LogP contribution is -2.40. The number of carbonyl (C=O) groups is 1. The van der Waals surface area contributed by atoms with Crippen molar-refractivity contribution < 1.29 is 4.79 Å². The van der Waals surface area contributed by atoms with Gasteiger partial charge < -0.3 is 5.32 Å². The Morgan fingerprint density at radius 2 is 2.60 bits per heavy atom. The van der Waals surface area contributed by atoms with Gasteiger partial charge in [-0.2, -0.15) is 0 Å². The molecule has 1 amide bonds. The van der Waals surface area contributed by atoms with E-state index in [1.165, 1.54) is 0 Å². The molecule has 1 saturated heterocycles. The molecule has 52 valence electrons. The monoisotopic (exact) mass is 154 g/mol. The van der Waals surface area contributed by atoms with Gasteiger partial charge in [0.25, 0.3) is 0 Å². The summed E-state index contributed by atoms with van der Waals surface area (Å²) in [6, 6.07) is 0.250. The number of β-lactam (4-membered cyclic amide) rings is 1. The molecule has 3 nitrogen and oxygen atoms in total. The highest BCUT2D eigenvalue weighted by atomic mass is 32.1. The van der Waals surface area contributed by atoms with E-state index in [-0.39, 0.29) is 11.9 Å². The molecule has 1 aliphatic rings. The molecule has 1 fully saturated rings. The predicted molar refractivity (Wildman–Crippen MR) is 37.6 cm³/mol. The van der Waals surface area contributed by atoms with Crippen molar-refractivity contribution in [2.75, 3.05) is 0 Å². The Kier molecular flexibility index (Phi) is 1.20. The van der Waals surface area contributed by atoms with Crippen molar-refractivity contribution in [3.05, 3.63) is 16.6 Å². The molecule has 1 aromatic heterocycles. The number of hydrogen-bond acceptors (Lipinski definition) is 3. The first-order chi connectivity index (χ1) is 4.86. The third-order valence-electron chi connectivity index (χ3n) is 1.52. The first-order valence-corrected chi connectivity index (χ1v) is 3.92. The summed E-state index contributed by atoms with van der Waals surface area (Å²) in [7, 11) is 0. The molecule has 0 radical (unpaired) electrons. The number of nitrogens with zero attached hydrogens (tertiary/aromatic N) is 1. The Balaban J connectivity index is 2.10. The number of hydrogen-bond donors (Lipinski definition) is 1. The van der Waals surface area contributed by atoms with Gasteiger partial charge in [0.1, 0.15) is 0 Å². The van der Waals surface area contributed by atoms with Gasteiger partial charge in [-0.1, -0.05) is 0 Å². The van der Waals surface area contributed by atoms with E-state index < -0.39 is 0 Å². The molecule has 1 unspecified atom stereocenters. The minimum absolute atomic E-state index is 0.137. The van der Waals surface area contributed by atoms with Crippen LogP contribution in [-0.2, 0) is 4.79 Å². The number of aromatic nitrogens is 1. The topological polar surface area (TPSA) is 42.0 Å². The highest BCUT2D eigenvalue weighted by Gasteiger charge is 2.27. The van der Waals surface area contributed by atoms with E-state index >= 15 is 0 Å². The van der Waals surface area contributed by atoms with Gasteiger partial charge in [0, 0.05) is 11.1 Å². The predicted octanol–water partition coefficient (Wildman–Crippen LogP) is 0.704. The third-order valence-corrected chi connectivity index (χ3v) is 2.41. The second kappa shape index (κ2) is 2.05. The smallest absolute Gasteiger partial charge is 0.222 e. The van der Waals surface area contributed by atoms with E-state index in [0.717, 1.165) is 4.88 Å². The van der Waals surface area contributed by atoms with E-state index in [9.17, 15) is 4.79 Å². The van der Waals surface area contributed by atoms with Crippen molar-refractivity contribution in [3.63, 3.8) is 0 Å². The van der Waals surface area contributed by atoms with E-state index in [4.69, 9.17) is 0 Å². The largest absolute Gasteiger partial charge is 0.348 e. The first-order valence-electron chi connectivity index (χ1n) is 3.04. The fraction of sp³-hybridized carbons (Fsp3) is 0.333. The van der Waals surface area contributed by atoms with Crippen LogP contribution in [0.2, 0.25) is 0 Å². The van der Waals surface area contributed by atoms with Crippen LogP contribution in [0.5, 0.6) is 0 Å². The highest BCUT2D eigenvalue weighted by molar-refractivity contribution is 7.09. The number of rotatable bonds is 1. The molecule has 0 aromatic carbocycles. The van der Waals surface area contributed by atoms with Crippen LogP contribution in [0, 0.1) is 0 Å². The van der Waals surface area contributed by atoms with Crippen molar-refractivity contribution in [3.8, 4) is 0 Å². The van der Waals surface area contributed by atoms with Crippen molar-refractivity contribution in [2.24, 2.45) is 0 Å². The van der Waals surface area contributed by atoms with Crippen molar-refractivity contribution in [2.45, 2.75) is 12.5 Å². The molecule has 10 heavy (non-hydrogen) atoms. The standard InChI is InChI=1S/C6H6N2OS/c9-6-1-4(8-6)5-2-7-3-10-5/h2-4H,1H2,(H,8,9). The van der Waals surface area contributed by atoms with Gasteiger partial charge in [0.15, 0.2) is 0 Å². The van der Waals surface area contributed by atoms with Gasteiger partial charge >= 0.3 is 0 Å². The molecule has 0 aliphatic carbocycles. The summed E-state index contributed by atoms with van der Waals surface area (Å²) in [5.74, 6) is 0.137. The summed E-state index contributed by atoms with van der Waals surface area (Å²) in [4.78, 5) is 15.5. The van der Waals surface area contributed by atoms with Crippen LogP contribution >= 0.6 is 11.3 Å². The van der Waals surface area contributed by atoms with Crippen LogP contribution in [0.25, 0.3) is 0 Å². The fourth-order valence-electron chi connectivity index (χ4n) is 0.928. The minimum Gasteiger partial charge on any atom is -0.348 e. The number of amides is 1. The average molecular weight is 154 g/mol. The fourth-order valence-corrected chi connectivity index (χ4v) is 1.60. The Morgan fingerprint density at radius 1 is 1.80 bits per heavy atom. The van der Waals surface area contributed by atoms with Crippen molar-refractivity contribution in [1.82, 2.24) is 10.3 Å². The quantitative estimate of drug-likeness (QED) is 0.605. The second-order valence-corrected chi connectivity index (χ2v) is 3.15. The van der Waals surface area contributed by atoms with E-state index in [2.05, 4.69) is 10.3 Å². The Hall–Kier alpha value is -0.900. The molecule has 1 aromatic rings. The van der Waals surface area contributed by atoms with Crippen LogP contribution in [0.15, 0.2) is 11.7 Å². The van der Waals surface area contributed by atoms with Crippen LogP contribution < -0.4 is 5.32 Å². The van der Waals surface area contributed by atoms with Gasteiger partial charge in [-0.05, 0) is 0 Å². The van der Waals surface area contributed by atoms with Crippen molar-refractivity contribution in [1.29, 1.82) is 0 Å². The molecule has 1 atom stereocenters. The van der Waals surface area contributed by atoms with E-state index in [1.807, 2.05) is 0 Å². The van der Waals surface area contributed by atoms with E-state index in [1.54, 1.807) is 23.0 Å². The maximum Gasteiger partial charge on any atom is 0.222 e. The van der Waals surface area contributed by atoms with Crippen LogP contribution in [0.1, 0.15) is 17.3 Å². The molecule has 0 saturated carbocycles. The number of carbonyl (C=O) groups excluding carboxylic acids is 1. The molecule has 1 aliphatic heterocycles. The molecule has 0 spiro atoms. The Bertz CT molecular complexity index is 236. The first kappa shape index (κ1) is 5.85. The molecular formula is C6H6N2OS. The summed E-state index contributed by atoms with van der Waals surface area (Å²) < 4.78 is 0. The summed E-state index contributed by atoms with van der Waals surface area (Å²) in [5.41, 5.74) is 1.78. The maximum absolute atomic E-state index is 10.5. The Labute approximate surface area is 62.1 Å². The molecular weight excluding hydrogens is 148 g/mol. The SMILES string of the molecule is O=C1CC(c2cncs2)N1. The summed E-state index contributed by atoms with van der Waals surface area (Å²) >= 11 is 1.58. The third kappa shape index (κ3) is 0.806. The van der Waals surface area contributed by atoms with E-state index in [0.29, 0.717) is 6.42 Å². The van der Waals surface area contributed by atoms with Gasteiger partial charge in [0.2, 0.25) is 5.91 Å². The summed E-state index contributed by atoms with van der Waals surface area (Å²) in [6.45, 7) is 0. The molecule has 1 N–H and O–H groups in total. The van der Waals surface area contributed by atoms with Crippen LogP contribution in [0.3, 0.4) is 0 Å². The zero-order valence-electron chi connectivity index (χ0n) is 5.20. The van der Waals surface area contributed by atoms with Gasteiger partial charge in [-0.3, -0.25) is 9.78 Å². The normalized spacial score (nSPS) is 23.6. The molecule has 2 heterocycles. The number of thiazole rings is 1. The molecule has 2 rings (SSSR count). The minimum atomic E-state index is 0.137. The van der Waals surface area contributed by atoms with Gasteiger partial charge in [-0.15, -0.1) is 11.3 Å². The lowest BCUT2D eigenvalue weighted by molar-refractivity contribution is -0.128. The molecule has 0 bridgehead atoms. The summed E-state index contributed by atoms with van der Waals surface area (Å²) in [6.07, 6.45) is 2.43. The zero-order chi connectivity index (χ0) is 6.97. The zero-order valence-corrected chi connectivity index (χ0v) is 6.02. The lowest BCUT2D eigenvalue weighted by atomic mass is 10.1. The van der Waals surface area contributed by atoms with Gasteiger partial charge in [0.05, 0.1) is 18.0 Å². The lowest BCUT2D eigenvalue weighted by Gasteiger charge is -2.24. The van der Waals surface area contributed by atoms with Gasteiger partial charge in [-0.25, -0.2) is 0 Å². The highest BCUT2D eigenvalue weighted by Crippen LogP contribution is 2.25. The second-order valence-electron chi connectivity index (χ2n) is 2.23. The average Bonchev–Trinajstić information content (AvgIpc) is 2.31. The van der Waals surface area contributed by atoms with Crippen LogP contribution in [-0.4, -0.2) is 10.9 Å². The Morgan fingerprint density at radius 3 is 3.10 bits per heavy atom. The van der Waals surface area contributed by atoms with Crippen LogP contribution in [0.4, 0.5) is 0 Å². The maximum atomic E-state index is 10.5. The summed E-state index contributed by atoms with van der Waals surface area (Å²) in [5, 5.41) is 2.78. The van der Waals surface area contributed by atoms with Crippen molar-refractivity contribution >= 4 is 17.2 Å². The number of nitrogens with one attached hydrogen (secondary N) is 1. The molecule has 4 heteroatoms.